The number of carbonyl (C=O) groups is 3. The van der Waals surface area contributed by atoms with Crippen LogP contribution in [-0.2, 0) is 19.1 Å². The summed E-state index contributed by atoms with van der Waals surface area (Å²) >= 11 is 5.47. The lowest BCUT2D eigenvalue weighted by molar-refractivity contribution is -0.161. The summed E-state index contributed by atoms with van der Waals surface area (Å²) in [5.74, 6) is -0.691. The van der Waals surface area contributed by atoms with Gasteiger partial charge in [0.2, 0.25) is 9.39 Å². The summed E-state index contributed by atoms with van der Waals surface area (Å²) in [6.07, 6.45) is -0.0138. The molecule has 0 spiro atoms. The van der Waals surface area contributed by atoms with E-state index in [0.717, 1.165) is 0 Å². The largest absolute Gasteiger partial charge is 0.446 e. The molecule has 0 N–H and O–H groups in total. The summed E-state index contributed by atoms with van der Waals surface area (Å²) in [4.78, 5) is 33.8. The van der Waals surface area contributed by atoms with Gasteiger partial charge in [0.25, 0.3) is 0 Å². The Labute approximate surface area is 111 Å². The number of hydrogen-bond donors (Lipinski definition) is 0. The summed E-state index contributed by atoms with van der Waals surface area (Å²) in [7, 11) is 0. The zero-order valence-electron chi connectivity index (χ0n) is 9.01. The van der Waals surface area contributed by atoms with Gasteiger partial charge in [-0.25, -0.2) is 4.79 Å². The lowest BCUT2D eigenvalue weighted by atomic mass is 9.99. The molecule has 16 heavy (non-hydrogen) atoms. The molecule has 0 aliphatic rings. The molecular formula is C10H12Br2O4. The van der Waals surface area contributed by atoms with Crippen molar-refractivity contribution in [3.8, 4) is 0 Å². The summed E-state index contributed by atoms with van der Waals surface area (Å²) in [5.41, 5.74) is -1.29. The van der Waals surface area contributed by atoms with Gasteiger partial charge in [0.15, 0.2) is 5.60 Å². The van der Waals surface area contributed by atoms with Crippen LogP contribution in [0.1, 0.15) is 26.7 Å². The Bertz CT molecular complexity index is 338. The first-order valence-electron chi connectivity index (χ1n) is 4.52. The Hall–Kier alpha value is -0.490. The van der Waals surface area contributed by atoms with E-state index in [0.29, 0.717) is 0 Å². The van der Waals surface area contributed by atoms with Crippen molar-refractivity contribution in [1.82, 2.24) is 0 Å². The van der Waals surface area contributed by atoms with Crippen molar-refractivity contribution in [3.05, 3.63) is 12.2 Å². The topological polar surface area (TPSA) is 60.4 Å². The second-order valence-corrected chi connectivity index (χ2v) is 4.93. The molecule has 0 fully saturated rings. The van der Waals surface area contributed by atoms with Crippen molar-refractivity contribution < 1.29 is 19.1 Å². The standard InChI is InChI=1S/C10H12Br2O4/c1-4-10(9(12)15,5-7(11)13)16-8(14)6(2)3/h2,4-5H2,1,3H3. The van der Waals surface area contributed by atoms with Gasteiger partial charge in [0.1, 0.15) is 0 Å². The highest BCUT2D eigenvalue weighted by Gasteiger charge is 2.41. The summed E-state index contributed by atoms with van der Waals surface area (Å²) in [5, 5.41) is 0. The molecule has 6 heteroatoms. The highest BCUT2D eigenvalue weighted by molar-refractivity contribution is 9.18. The average Bonchev–Trinajstić information content (AvgIpc) is 2.15. The van der Waals surface area contributed by atoms with Crippen molar-refractivity contribution in [1.29, 1.82) is 0 Å². The normalized spacial score (nSPS) is 13.8. The van der Waals surface area contributed by atoms with Crippen LogP contribution in [0.4, 0.5) is 0 Å². The lowest BCUT2D eigenvalue weighted by Crippen LogP contribution is -2.41. The van der Waals surface area contributed by atoms with E-state index >= 15 is 0 Å². The van der Waals surface area contributed by atoms with E-state index in [-0.39, 0.29) is 18.4 Å². The predicted octanol–water partition coefficient (Wildman–Crippen LogP) is 2.49. The first-order valence-corrected chi connectivity index (χ1v) is 6.11. The molecule has 0 aromatic carbocycles. The average molecular weight is 356 g/mol. The Morgan fingerprint density at radius 1 is 1.31 bits per heavy atom. The number of halogens is 2. The zero-order chi connectivity index (χ0) is 12.9. The Kier molecular flexibility index (Phi) is 6.10. The highest BCUT2D eigenvalue weighted by atomic mass is 79.9. The van der Waals surface area contributed by atoms with Crippen LogP contribution in [0.25, 0.3) is 0 Å². The van der Waals surface area contributed by atoms with Crippen LogP contribution >= 0.6 is 31.9 Å². The van der Waals surface area contributed by atoms with Gasteiger partial charge in [-0.2, -0.15) is 0 Å². The highest BCUT2D eigenvalue weighted by Crippen LogP contribution is 2.27. The zero-order valence-corrected chi connectivity index (χ0v) is 12.2. The van der Waals surface area contributed by atoms with E-state index < -0.39 is 21.0 Å². The van der Waals surface area contributed by atoms with Crippen molar-refractivity contribution in [3.63, 3.8) is 0 Å². The van der Waals surface area contributed by atoms with Crippen LogP contribution in [0.15, 0.2) is 12.2 Å². The predicted molar refractivity (Wildman–Crippen MR) is 66.4 cm³/mol. The fourth-order valence-electron chi connectivity index (χ4n) is 0.971. The molecule has 1 atom stereocenters. The van der Waals surface area contributed by atoms with Crippen LogP contribution in [0.5, 0.6) is 0 Å². The molecule has 0 aromatic rings. The number of rotatable bonds is 6. The Balaban J connectivity index is 5.05. The maximum atomic E-state index is 11.4. The Morgan fingerprint density at radius 2 is 1.81 bits per heavy atom. The minimum absolute atomic E-state index is 0.175. The van der Waals surface area contributed by atoms with Gasteiger partial charge in [-0.15, -0.1) is 0 Å². The quantitative estimate of drug-likeness (QED) is 0.417. The van der Waals surface area contributed by atoms with Gasteiger partial charge in [0.05, 0.1) is 6.42 Å². The monoisotopic (exact) mass is 354 g/mol. The van der Waals surface area contributed by atoms with Crippen LogP contribution in [-0.4, -0.2) is 21.0 Å². The minimum atomic E-state index is -1.46. The molecule has 0 saturated carbocycles. The minimum Gasteiger partial charge on any atom is -0.446 e. The van der Waals surface area contributed by atoms with E-state index in [1.807, 2.05) is 0 Å². The lowest BCUT2D eigenvalue weighted by Gasteiger charge is -2.27. The molecule has 4 nitrogen and oxygen atoms in total. The van der Waals surface area contributed by atoms with Gasteiger partial charge in [-0.05, 0) is 45.2 Å². The van der Waals surface area contributed by atoms with E-state index in [9.17, 15) is 14.4 Å². The number of esters is 1. The van der Waals surface area contributed by atoms with Crippen molar-refractivity contribution in [2.75, 3.05) is 0 Å². The van der Waals surface area contributed by atoms with Crippen LogP contribution < -0.4 is 0 Å². The third kappa shape index (κ3) is 4.17. The first-order chi connectivity index (χ1) is 7.25. The third-order valence-corrected chi connectivity index (χ3v) is 2.99. The van der Waals surface area contributed by atoms with E-state index in [1.165, 1.54) is 6.92 Å². The maximum Gasteiger partial charge on any atom is 0.334 e. The molecule has 90 valence electrons. The second kappa shape index (κ2) is 6.30. The van der Waals surface area contributed by atoms with Crippen molar-refractivity contribution in [2.24, 2.45) is 0 Å². The van der Waals surface area contributed by atoms with Gasteiger partial charge in [-0.1, -0.05) is 13.5 Å². The van der Waals surface area contributed by atoms with E-state index in [2.05, 4.69) is 38.4 Å². The van der Waals surface area contributed by atoms with Gasteiger partial charge < -0.3 is 4.74 Å². The number of hydrogen-bond acceptors (Lipinski definition) is 4. The van der Waals surface area contributed by atoms with Gasteiger partial charge in [-0.3, -0.25) is 9.59 Å². The smallest absolute Gasteiger partial charge is 0.334 e. The maximum absolute atomic E-state index is 11.4. The molecule has 0 bridgehead atoms. The molecule has 0 saturated heterocycles. The first kappa shape index (κ1) is 15.5. The molecule has 1 unspecified atom stereocenters. The van der Waals surface area contributed by atoms with Gasteiger partial charge in [0, 0.05) is 5.57 Å². The van der Waals surface area contributed by atoms with Gasteiger partial charge >= 0.3 is 5.97 Å². The number of ether oxygens (including phenoxy) is 1. The van der Waals surface area contributed by atoms with Crippen LogP contribution in [0.2, 0.25) is 0 Å². The van der Waals surface area contributed by atoms with E-state index in [1.54, 1.807) is 6.92 Å². The second-order valence-electron chi connectivity index (χ2n) is 3.32. The van der Waals surface area contributed by atoms with Crippen LogP contribution in [0.3, 0.4) is 0 Å². The summed E-state index contributed by atoms with van der Waals surface area (Å²) in [6.45, 7) is 6.54. The number of carbonyl (C=O) groups excluding carboxylic acids is 3. The van der Waals surface area contributed by atoms with Crippen molar-refractivity contribution in [2.45, 2.75) is 32.3 Å². The molecule has 0 aliphatic carbocycles. The SMILES string of the molecule is C=C(C)C(=O)OC(CC)(CC(=O)Br)C(=O)Br. The molecule has 0 amide bonds. The Morgan fingerprint density at radius 3 is 2.06 bits per heavy atom. The summed E-state index contributed by atoms with van der Waals surface area (Å²) < 4.78 is 4.09. The fourth-order valence-corrected chi connectivity index (χ4v) is 1.93. The van der Waals surface area contributed by atoms with E-state index in [4.69, 9.17) is 4.74 Å². The molecular weight excluding hydrogens is 344 g/mol. The molecule has 0 radical (unpaired) electrons. The molecule has 0 aromatic heterocycles. The molecule has 0 aliphatic heterocycles. The molecule has 0 heterocycles. The van der Waals surface area contributed by atoms with Crippen LogP contribution in [0, 0.1) is 0 Å². The summed E-state index contributed by atoms with van der Waals surface area (Å²) in [6, 6.07) is 0. The van der Waals surface area contributed by atoms with Crippen molar-refractivity contribution >= 4 is 47.2 Å². The fraction of sp³-hybridized carbons (Fsp3) is 0.500. The third-order valence-electron chi connectivity index (χ3n) is 1.99. The molecule has 0 rings (SSSR count).